The predicted molar refractivity (Wildman–Crippen MR) is 125 cm³/mol. The molecule has 0 atom stereocenters. The summed E-state index contributed by atoms with van der Waals surface area (Å²) >= 11 is 0. The van der Waals surface area contributed by atoms with Crippen LogP contribution in [-0.4, -0.2) is 21.0 Å². The topological polar surface area (TPSA) is 89.0 Å². The molecule has 0 fully saturated rings. The highest BCUT2D eigenvalue weighted by molar-refractivity contribution is 5.99. The van der Waals surface area contributed by atoms with Crippen LogP contribution in [0.3, 0.4) is 0 Å². The van der Waals surface area contributed by atoms with E-state index in [0.717, 1.165) is 18.3 Å². The number of carbonyl (C=O) groups is 1. The predicted octanol–water partition coefficient (Wildman–Crippen LogP) is 6.70. The van der Waals surface area contributed by atoms with Gasteiger partial charge in [0.25, 0.3) is 0 Å². The number of urea groups is 1. The molecular formula is C25H19F4N5O2. The van der Waals surface area contributed by atoms with Gasteiger partial charge in [0.05, 0.1) is 17.3 Å². The first-order valence-corrected chi connectivity index (χ1v) is 10.7. The number of nitrogens with one attached hydrogen (secondary N) is 2. The fraction of sp³-hybridized carbons (Fsp3) is 0.120. The first-order chi connectivity index (χ1) is 17.2. The second-order valence-electron chi connectivity index (χ2n) is 7.48. The number of hydrogen-bond acceptors (Lipinski definition) is 5. The number of aromatic nitrogens is 3. The first-order valence-electron chi connectivity index (χ1n) is 10.7. The Kier molecular flexibility index (Phi) is 7.09. The second kappa shape index (κ2) is 10.4. The van der Waals surface area contributed by atoms with E-state index in [1.165, 1.54) is 30.5 Å². The number of hydrogen-bond donors (Lipinski definition) is 2. The summed E-state index contributed by atoms with van der Waals surface area (Å²) < 4.78 is 58.8. The third-order valence-corrected chi connectivity index (χ3v) is 4.91. The van der Waals surface area contributed by atoms with Crippen LogP contribution in [0.2, 0.25) is 0 Å². The van der Waals surface area contributed by atoms with Crippen LogP contribution < -0.4 is 15.4 Å². The van der Waals surface area contributed by atoms with Crippen LogP contribution >= 0.6 is 0 Å². The average Bonchev–Trinajstić information content (AvgIpc) is 2.86. The van der Waals surface area contributed by atoms with E-state index in [-0.39, 0.29) is 17.3 Å². The van der Waals surface area contributed by atoms with Gasteiger partial charge < -0.3 is 15.4 Å². The molecule has 0 aliphatic rings. The average molecular weight is 497 g/mol. The van der Waals surface area contributed by atoms with Crippen molar-refractivity contribution in [2.24, 2.45) is 0 Å². The molecule has 4 rings (SSSR count). The summed E-state index contributed by atoms with van der Waals surface area (Å²) in [5.74, 6) is 0.334. The third kappa shape index (κ3) is 5.93. The highest BCUT2D eigenvalue weighted by Gasteiger charge is 2.30. The van der Waals surface area contributed by atoms with E-state index < -0.39 is 23.6 Å². The highest BCUT2D eigenvalue weighted by Crippen LogP contribution is 2.32. The Bertz CT molecular complexity index is 1380. The molecule has 0 saturated heterocycles. The zero-order chi connectivity index (χ0) is 25.7. The molecule has 2 heterocycles. The maximum absolute atomic E-state index is 14.4. The standard InChI is InChI=1S/C25H19F4N5O2/c1-2-21-31-14-20(26)22(34-21)19-7-4-12-30-23(19)36-18-10-8-16(9-11-18)32-24(35)33-17-6-3-5-15(13-17)25(27,28)29/h3-14H,2H2,1H3,(H2,32,33,35). The molecule has 4 aromatic rings. The van der Waals surface area contributed by atoms with Gasteiger partial charge in [0.15, 0.2) is 5.82 Å². The molecule has 11 heteroatoms. The summed E-state index contributed by atoms with van der Waals surface area (Å²) in [5.41, 5.74) is -0.108. The van der Waals surface area contributed by atoms with E-state index in [4.69, 9.17) is 4.74 Å². The molecule has 0 radical (unpaired) electrons. The van der Waals surface area contributed by atoms with Crippen LogP contribution in [0.5, 0.6) is 11.6 Å². The van der Waals surface area contributed by atoms with Crippen molar-refractivity contribution in [3.8, 4) is 22.9 Å². The van der Waals surface area contributed by atoms with E-state index in [9.17, 15) is 22.4 Å². The van der Waals surface area contributed by atoms with E-state index in [1.54, 1.807) is 24.3 Å². The maximum atomic E-state index is 14.4. The van der Waals surface area contributed by atoms with Crippen LogP contribution in [0.4, 0.5) is 33.7 Å². The van der Waals surface area contributed by atoms with Crippen molar-refractivity contribution in [3.63, 3.8) is 0 Å². The van der Waals surface area contributed by atoms with E-state index in [2.05, 4.69) is 25.6 Å². The molecule has 0 saturated carbocycles. The Hall–Kier alpha value is -4.54. The van der Waals surface area contributed by atoms with Gasteiger partial charge in [-0.2, -0.15) is 13.2 Å². The van der Waals surface area contributed by atoms with E-state index >= 15 is 0 Å². The Labute approximate surface area is 203 Å². The van der Waals surface area contributed by atoms with Crippen molar-refractivity contribution in [2.75, 3.05) is 10.6 Å². The molecule has 0 bridgehead atoms. The third-order valence-electron chi connectivity index (χ3n) is 4.91. The summed E-state index contributed by atoms with van der Waals surface area (Å²) in [4.78, 5) is 24.6. The highest BCUT2D eigenvalue weighted by atomic mass is 19.4. The molecule has 2 N–H and O–H groups in total. The first kappa shape index (κ1) is 24.6. The maximum Gasteiger partial charge on any atom is 0.416 e. The lowest BCUT2D eigenvalue weighted by molar-refractivity contribution is -0.137. The van der Waals surface area contributed by atoms with Gasteiger partial charge in [0.1, 0.15) is 17.3 Å². The molecule has 2 amide bonds. The summed E-state index contributed by atoms with van der Waals surface area (Å²) in [5, 5.41) is 4.89. The minimum atomic E-state index is -4.52. The number of benzene rings is 2. The quantitative estimate of drug-likeness (QED) is 0.290. The van der Waals surface area contributed by atoms with Crippen molar-refractivity contribution in [1.82, 2.24) is 15.0 Å². The largest absolute Gasteiger partial charge is 0.438 e. The molecule has 0 aliphatic carbocycles. The van der Waals surface area contributed by atoms with Crippen LogP contribution in [0.25, 0.3) is 11.3 Å². The molecule has 0 aliphatic heterocycles. The number of anilines is 2. The van der Waals surface area contributed by atoms with Gasteiger partial charge in [0.2, 0.25) is 5.88 Å². The minimum absolute atomic E-state index is 0.00635. The molecule has 36 heavy (non-hydrogen) atoms. The number of carbonyl (C=O) groups excluding carboxylic acids is 1. The summed E-state index contributed by atoms with van der Waals surface area (Å²) in [6.07, 6.45) is -1.40. The molecule has 2 aromatic carbocycles. The molecule has 0 unspecified atom stereocenters. The number of alkyl halides is 3. The lowest BCUT2D eigenvalue weighted by Crippen LogP contribution is -2.19. The van der Waals surface area contributed by atoms with Crippen LogP contribution in [0, 0.1) is 5.82 Å². The Morgan fingerprint density at radius 3 is 2.44 bits per heavy atom. The van der Waals surface area contributed by atoms with Gasteiger partial charge in [-0.15, -0.1) is 0 Å². The fourth-order valence-electron chi connectivity index (χ4n) is 3.20. The number of pyridine rings is 1. The number of nitrogens with zero attached hydrogens (tertiary/aromatic N) is 3. The van der Waals surface area contributed by atoms with Gasteiger partial charge >= 0.3 is 12.2 Å². The Morgan fingerprint density at radius 2 is 1.72 bits per heavy atom. The van der Waals surface area contributed by atoms with Gasteiger partial charge in [-0.05, 0) is 54.6 Å². The number of amides is 2. The van der Waals surface area contributed by atoms with Crippen molar-refractivity contribution < 1.29 is 27.1 Å². The monoisotopic (exact) mass is 497 g/mol. The molecular weight excluding hydrogens is 478 g/mol. The zero-order valence-electron chi connectivity index (χ0n) is 18.8. The van der Waals surface area contributed by atoms with Gasteiger partial charge in [-0.25, -0.2) is 24.1 Å². The lowest BCUT2D eigenvalue weighted by atomic mass is 10.2. The minimum Gasteiger partial charge on any atom is -0.438 e. The van der Waals surface area contributed by atoms with E-state index in [1.807, 2.05) is 6.92 Å². The smallest absolute Gasteiger partial charge is 0.416 e. The van der Waals surface area contributed by atoms with Crippen LogP contribution in [0.1, 0.15) is 18.3 Å². The number of aryl methyl sites for hydroxylation is 1. The number of halogens is 4. The van der Waals surface area contributed by atoms with Crippen molar-refractivity contribution in [1.29, 1.82) is 0 Å². The second-order valence-corrected chi connectivity index (χ2v) is 7.48. The molecule has 7 nitrogen and oxygen atoms in total. The number of ether oxygens (including phenoxy) is 1. The zero-order valence-corrected chi connectivity index (χ0v) is 18.8. The number of rotatable bonds is 6. The summed E-state index contributed by atoms with van der Waals surface area (Å²) in [6.45, 7) is 1.85. The lowest BCUT2D eigenvalue weighted by Gasteiger charge is -2.12. The summed E-state index contributed by atoms with van der Waals surface area (Å²) in [7, 11) is 0. The van der Waals surface area contributed by atoms with Gasteiger partial charge in [0, 0.05) is 24.0 Å². The Balaban J connectivity index is 1.45. The Morgan fingerprint density at radius 1 is 0.972 bits per heavy atom. The van der Waals surface area contributed by atoms with Crippen molar-refractivity contribution >= 4 is 17.4 Å². The molecule has 0 spiro atoms. The molecule has 184 valence electrons. The van der Waals surface area contributed by atoms with Crippen molar-refractivity contribution in [2.45, 2.75) is 19.5 Å². The SMILES string of the molecule is CCc1ncc(F)c(-c2cccnc2Oc2ccc(NC(=O)Nc3cccc(C(F)(F)F)c3)cc2)n1. The van der Waals surface area contributed by atoms with Gasteiger partial charge in [-0.3, -0.25) is 0 Å². The van der Waals surface area contributed by atoms with Gasteiger partial charge in [-0.1, -0.05) is 13.0 Å². The normalized spacial score (nSPS) is 11.1. The molecule has 2 aromatic heterocycles. The fourth-order valence-corrected chi connectivity index (χ4v) is 3.20. The van der Waals surface area contributed by atoms with Crippen LogP contribution in [-0.2, 0) is 12.6 Å². The van der Waals surface area contributed by atoms with Crippen molar-refractivity contribution in [3.05, 3.63) is 90.3 Å². The van der Waals surface area contributed by atoms with E-state index in [0.29, 0.717) is 29.2 Å². The summed E-state index contributed by atoms with van der Waals surface area (Å²) in [6, 6.07) is 13.0. The van der Waals surface area contributed by atoms with Crippen LogP contribution in [0.15, 0.2) is 73.1 Å².